The Hall–Kier alpha value is -0.980. The van der Waals surface area contributed by atoms with Crippen LogP contribution in [0.2, 0.25) is 0 Å². The molecule has 0 aliphatic heterocycles. The van der Waals surface area contributed by atoms with Crippen LogP contribution in [0.4, 0.5) is 0 Å². The highest BCUT2D eigenvalue weighted by Gasteiger charge is 1.96. The first-order valence-corrected chi connectivity index (χ1v) is 3.42. The van der Waals surface area contributed by atoms with E-state index in [1.54, 1.807) is 7.11 Å². The van der Waals surface area contributed by atoms with E-state index in [-0.39, 0.29) is 0 Å². The lowest BCUT2D eigenvalue weighted by Crippen LogP contribution is -1.88. The van der Waals surface area contributed by atoms with Gasteiger partial charge < -0.3 is 4.74 Å². The molecule has 1 nitrogen and oxygen atoms in total. The summed E-state index contributed by atoms with van der Waals surface area (Å²) in [7, 11) is 1.67. The van der Waals surface area contributed by atoms with Crippen molar-refractivity contribution in [3.8, 4) is 5.75 Å². The zero-order valence-corrected chi connectivity index (χ0v) is 6.35. The number of rotatable bonds is 2. The molecule has 0 amide bonds. The van der Waals surface area contributed by atoms with Crippen molar-refractivity contribution in [3.05, 3.63) is 29.8 Å². The van der Waals surface area contributed by atoms with Gasteiger partial charge in [0, 0.05) is 6.07 Å². The Bertz CT molecular complexity index is 183. The van der Waals surface area contributed by atoms with Crippen molar-refractivity contribution in [1.82, 2.24) is 0 Å². The Balaban J connectivity index is 2.96. The van der Waals surface area contributed by atoms with Gasteiger partial charge in [0.25, 0.3) is 0 Å². The van der Waals surface area contributed by atoms with Gasteiger partial charge >= 0.3 is 0 Å². The number of aryl methyl sites for hydroxylation is 1. The highest BCUT2D eigenvalue weighted by molar-refractivity contribution is 5.31. The van der Waals surface area contributed by atoms with Gasteiger partial charge in [0.2, 0.25) is 0 Å². The van der Waals surface area contributed by atoms with E-state index in [1.807, 2.05) is 12.1 Å². The van der Waals surface area contributed by atoms with E-state index in [2.05, 4.69) is 19.1 Å². The molecule has 0 saturated carbocycles. The van der Waals surface area contributed by atoms with Crippen molar-refractivity contribution in [2.45, 2.75) is 13.3 Å². The van der Waals surface area contributed by atoms with Gasteiger partial charge in [-0.3, -0.25) is 0 Å². The van der Waals surface area contributed by atoms with Crippen LogP contribution in [0.5, 0.6) is 5.75 Å². The Kier molecular flexibility index (Phi) is 2.32. The van der Waals surface area contributed by atoms with Gasteiger partial charge in [-0.2, -0.15) is 0 Å². The predicted octanol–water partition coefficient (Wildman–Crippen LogP) is 2.06. The van der Waals surface area contributed by atoms with Crippen LogP contribution >= 0.6 is 0 Å². The molecule has 1 radical (unpaired) electrons. The SMILES string of the molecule is CCc1ccc[c]c1OC. The van der Waals surface area contributed by atoms with Crippen molar-refractivity contribution in [1.29, 1.82) is 0 Å². The summed E-state index contributed by atoms with van der Waals surface area (Å²) in [5, 5.41) is 0. The molecule has 0 N–H and O–H groups in total. The van der Waals surface area contributed by atoms with Crippen LogP contribution in [-0.4, -0.2) is 7.11 Å². The van der Waals surface area contributed by atoms with E-state index in [0.29, 0.717) is 0 Å². The maximum atomic E-state index is 5.08. The summed E-state index contributed by atoms with van der Waals surface area (Å²) in [5.74, 6) is 0.866. The van der Waals surface area contributed by atoms with Crippen molar-refractivity contribution in [2.24, 2.45) is 0 Å². The summed E-state index contributed by atoms with van der Waals surface area (Å²) >= 11 is 0. The lowest BCUT2D eigenvalue weighted by atomic mass is 10.1. The molecule has 53 valence electrons. The average molecular weight is 135 g/mol. The molecule has 1 aromatic carbocycles. The first kappa shape index (κ1) is 7.13. The zero-order chi connectivity index (χ0) is 7.40. The normalized spacial score (nSPS) is 9.40. The summed E-state index contributed by atoms with van der Waals surface area (Å²) in [4.78, 5) is 0. The van der Waals surface area contributed by atoms with Gasteiger partial charge in [-0.25, -0.2) is 0 Å². The van der Waals surface area contributed by atoms with Crippen LogP contribution in [0.25, 0.3) is 0 Å². The highest BCUT2D eigenvalue weighted by Crippen LogP contribution is 2.15. The van der Waals surface area contributed by atoms with Gasteiger partial charge in [-0.15, -0.1) is 0 Å². The number of hydrogen-bond donors (Lipinski definition) is 0. The molecular weight excluding hydrogens is 124 g/mol. The fraction of sp³-hybridized carbons (Fsp3) is 0.333. The highest BCUT2D eigenvalue weighted by atomic mass is 16.5. The number of benzene rings is 1. The minimum atomic E-state index is 0.866. The number of ether oxygens (including phenoxy) is 1. The van der Waals surface area contributed by atoms with Gasteiger partial charge in [-0.05, 0) is 12.0 Å². The minimum Gasteiger partial charge on any atom is -0.496 e. The molecule has 0 heterocycles. The third kappa shape index (κ3) is 1.29. The predicted molar refractivity (Wildman–Crippen MR) is 41.2 cm³/mol. The minimum absolute atomic E-state index is 0.866. The third-order valence-electron chi connectivity index (χ3n) is 1.48. The topological polar surface area (TPSA) is 9.23 Å². The van der Waals surface area contributed by atoms with Crippen LogP contribution in [0.1, 0.15) is 12.5 Å². The summed E-state index contributed by atoms with van der Waals surface area (Å²) < 4.78 is 5.08. The van der Waals surface area contributed by atoms with E-state index in [9.17, 15) is 0 Å². The first-order chi connectivity index (χ1) is 4.88. The fourth-order valence-corrected chi connectivity index (χ4v) is 0.925. The first-order valence-electron chi connectivity index (χ1n) is 3.42. The van der Waals surface area contributed by atoms with E-state index in [1.165, 1.54) is 5.56 Å². The Labute approximate surface area is 61.6 Å². The monoisotopic (exact) mass is 135 g/mol. The molecule has 0 aliphatic rings. The maximum Gasteiger partial charge on any atom is 0.129 e. The van der Waals surface area contributed by atoms with Crippen LogP contribution in [0.3, 0.4) is 0 Å². The largest absolute Gasteiger partial charge is 0.496 e. The lowest BCUT2D eigenvalue weighted by Gasteiger charge is -2.03. The fourth-order valence-electron chi connectivity index (χ4n) is 0.925. The second-order valence-corrected chi connectivity index (χ2v) is 2.08. The van der Waals surface area contributed by atoms with Crippen molar-refractivity contribution < 1.29 is 4.74 Å². The van der Waals surface area contributed by atoms with Gasteiger partial charge in [0.1, 0.15) is 5.75 Å². The van der Waals surface area contributed by atoms with Crippen molar-refractivity contribution in [3.63, 3.8) is 0 Å². The van der Waals surface area contributed by atoms with Crippen LogP contribution in [0.15, 0.2) is 18.2 Å². The van der Waals surface area contributed by atoms with Crippen LogP contribution in [-0.2, 0) is 6.42 Å². The standard InChI is InChI=1S/C9H11O/c1-3-8-6-4-5-7-9(8)10-2/h4-6H,3H2,1-2H3. The van der Waals surface area contributed by atoms with Crippen molar-refractivity contribution >= 4 is 0 Å². The lowest BCUT2D eigenvalue weighted by molar-refractivity contribution is 0.409. The third-order valence-corrected chi connectivity index (χ3v) is 1.48. The van der Waals surface area contributed by atoms with Crippen LogP contribution in [0, 0.1) is 6.07 Å². The van der Waals surface area contributed by atoms with E-state index < -0.39 is 0 Å². The summed E-state index contributed by atoms with van der Waals surface area (Å²) in [6, 6.07) is 8.90. The summed E-state index contributed by atoms with van der Waals surface area (Å²) in [6.45, 7) is 2.10. The Morgan fingerprint density at radius 1 is 1.60 bits per heavy atom. The summed E-state index contributed by atoms with van der Waals surface area (Å²) in [5.41, 5.74) is 1.21. The van der Waals surface area contributed by atoms with Crippen molar-refractivity contribution in [2.75, 3.05) is 7.11 Å². The molecule has 0 aromatic heterocycles. The quantitative estimate of drug-likeness (QED) is 0.603. The molecular formula is C9H11O. The molecule has 0 spiro atoms. The number of para-hydroxylation sites is 1. The Morgan fingerprint density at radius 3 is 2.90 bits per heavy atom. The second-order valence-electron chi connectivity index (χ2n) is 2.08. The van der Waals surface area contributed by atoms with E-state index in [4.69, 9.17) is 4.74 Å². The Morgan fingerprint density at radius 2 is 2.40 bits per heavy atom. The number of methoxy groups -OCH3 is 1. The molecule has 0 saturated heterocycles. The molecule has 0 bridgehead atoms. The average Bonchev–Trinajstić information content (AvgIpc) is 2.04. The zero-order valence-electron chi connectivity index (χ0n) is 6.35. The molecule has 10 heavy (non-hydrogen) atoms. The molecule has 0 unspecified atom stereocenters. The second kappa shape index (κ2) is 3.25. The number of hydrogen-bond acceptors (Lipinski definition) is 1. The molecule has 1 rings (SSSR count). The van der Waals surface area contributed by atoms with E-state index >= 15 is 0 Å². The van der Waals surface area contributed by atoms with Gasteiger partial charge in [0.05, 0.1) is 7.11 Å². The van der Waals surface area contributed by atoms with Gasteiger partial charge in [-0.1, -0.05) is 25.1 Å². The summed E-state index contributed by atoms with van der Waals surface area (Å²) in [6.07, 6.45) is 1.00. The smallest absolute Gasteiger partial charge is 0.129 e. The van der Waals surface area contributed by atoms with Crippen LogP contribution < -0.4 is 4.74 Å². The van der Waals surface area contributed by atoms with E-state index in [0.717, 1.165) is 12.2 Å². The van der Waals surface area contributed by atoms with Gasteiger partial charge in [0.15, 0.2) is 0 Å². The molecule has 0 aliphatic carbocycles. The molecule has 1 aromatic rings. The molecule has 0 fully saturated rings. The maximum absolute atomic E-state index is 5.08. The molecule has 1 heteroatoms. The molecule has 0 atom stereocenters.